The summed E-state index contributed by atoms with van der Waals surface area (Å²) in [5, 5.41) is 27.9. The van der Waals surface area contributed by atoms with Gasteiger partial charge in [-0.25, -0.2) is 0 Å². The van der Waals surface area contributed by atoms with Crippen molar-refractivity contribution in [3.63, 3.8) is 0 Å². The molecule has 1 aromatic carbocycles. The Labute approximate surface area is 137 Å². The largest absolute Gasteiger partial charge is 0.492 e. The Hall–Kier alpha value is -0.790. The number of hydrogen-bond acceptors (Lipinski definition) is 7. The Balaban J connectivity index is 0.00000108. The van der Waals surface area contributed by atoms with Crippen LogP contribution in [-0.2, 0) is 5.41 Å². The standard InChI is InChI=1S/C15H24O4.H3O3P/c1-14(2,3)12-6-4-5-7-13(12)19-11-15(8-16,9-17)10-18;1-4(2)3/h4-7,16-18H,8-11H2,1-3H3;1-3H. The summed E-state index contributed by atoms with van der Waals surface area (Å²) in [6.45, 7) is 5.38. The van der Waals surface area contributed by atoms with E-state index in [9.17, 15) is 15.3 Å². The Kier molecular flexibility index (Phi) is 9.80. The Morgan fingerprint density at radius 3 is 1.74 bits per heavy atom. The molecule has 0 amide bonds. The van der Waals surface area contributed by atoms with E-state index in [2.05, 4.69) is 20.8 Å². The van der Waals surface area contributed by atoms with E-state index in [4.69, 9.17) is 19.4 Å². The zero-order valence-corrected chi connectivity index (χ0v) is 14.6. The van der Waals surface area contributed by atoms with Gasteiger partial charge in [-0.3, -0.25) is 0 Å². The van der Waals surface area contributed by atoms with Crippen LogP contribution < -0.4 is 4.74 Å². The van der Waals surface area contributed by atoms with Crippen molar-refractivity contribution in [2.45, 2.75) is 26.2 Å². The molecule has 8 heteroatoms. The number of benzene rings is 1. The lowest BCUT2D eigenvalue weighted by molar-refractivity contribution is -0.0262. The van der Waals surface area contributed by atoms with Gasteiger partial charge in [0.25, 0.3) is 0 Å². The molecular formula is C15H27O7P. The summed E-state index contributed by atoms with van der Waals surface area (Å²) in [5.41, 5.74) is -0.0141. The van der Waals surface area contributed by atoms with E-state index in [-0.39, 0.29) is 31.8 Å². The van der Waals surface area contributed by atoms with Gasteiger partial charge in [0.05, 0.1) is 25.2 Å². The third-order valence-electron chi connectivity index (χ3n) is 3.24. The molecule has 134 valence electrons. The summed E-state index contributed by atoms with van der Waals surface area (Å²) < 4.78 is 5.72. The fraction of sp³-hybridized carbons (Fsp3) is 0.600. The lowest BCUT2D eigenvalue weighted by Gasteiger charge is -2.29. The van der Waals surface area contributed by atoms with E-state index in [0.29, 0.717) is 0 Å². The predicted molar refractivity (Wildman–Crippen MR) is 87.9 cm³/mol. The van der Waals surface area contributed by atoms with Crippen molar-refractivity contribution < 1.29 is 34.7 Å². The first-order chi connectivity index (χ1) is 10.6. The monoisotopic (exact) mass is 350 g/mol. The zero-order valence-electron chi connectivity index (χ0n) is 13.7. The van der Waals surface area contributed by atoms with Crippen molar-refractivity contribution in [3.05, 3.63) is 29.8 Å². The van der Waals surface area contributed by atoms with Gasteiger partial charge in [0, 0.05) is 0 Å². The van der Waals surface area contributed by atoms with E-state index in [0.717, 1.165) is 11.3 Å². The molecule has 1 aromatic rings. The Morgan fingerprint density at radius 2 is 1.35 bits per heavy atom. The minimum atomic E-state index is -2.62. The summed E-state index contributed by atoms with van der Waals surface area (Å²) >= 11 is 0. The average molecular weight is 350 g/mol. The maximum Gasteiger partial charge on any atom is 0.324 e. The van der Waals surface area contributed by atoms with Crippen molar-refractivity contribution in [1.82, 2.24) is 0 Å². The first-order valence-corrected chi connectivity index (χ1v) is 8.23. The summed E-state index contributed by atoms with van der Waals surface area (Å²) in [4.78, 5) is 21.7. The van der Waals surface area contributed by atoms with Gasteiger partial charge in [-0.2, -0.15) is 0 Å². The van der Waals surface area contributed by atoms with Gasteiger partial charge < -0.3 is 34.7 Å². The summed E-state index contributed by atoms with van der Waals surface area (Å²) in [6.07, 6.45) is 0. The molecule has 0 unspecified atom stereocenters. The Morgan fingerprint density at radius 1 is 0.913 bits per heavy atom. The van der Waals surface area contributed by atoms with Crippen LogP contribution in [0.25, 0.3) is 0 Å². The van der Waals surface area contributed by atoms with E-state index in [1.807, 2.05) is 24.3 Å². The number of aliphatic hydroxyl groups is 3. The van der Waals surface area contributed by atoms with Crippen molar-refractivity contribution in [3.8, 4) is 5.75 Å². The molecule has 0 saturated carbocycles. The summed E-state index contributed by atoms with van der Waals surface area (Å²) in [7, 11) is -2.62. The van der Waals surface area contributed by atoms with E-state index in [1.54, 1.807) is 0 Å². The molecule has 0 radical (unpaired) electrons. The van der Waals surface area contributed by atoms with Crippen molar-refractivity contribution in [1.29, 1.82) is 0 Å². The van der Waals surface area contributed by atoms with Gasteiger partial charge >= 0.3 is 8.60 Å². The maximum atomic E-state index is 9.28. The second-order valence-corrected chi connectivity index (χ2v) is 6.81. The van der Waals surface area contributed by atoms with Crippen LogP contribution in [0.5, 0.6) is 5.75 Å². The third kappa shape index (κ3) is 8.04. The summed E-state index contributed by atoms with van der Waals surface area (Å²) in [6, 6.07) is 7.68. The molecule has 0 aromatic heterocycles. The molecule has 7 nitrogen and oxygen atoms in total. The molecular weight excluding hydrogens is 323 g/mol. The first kappa shape index (κ1) is 22.2. The van der Waals surface area contributed by atoms with Gasteiger partial charge in [-0.1, -0.05) is 39.0 Å². The second-order valence-electron chi connectivity index (χ2n) is 6.28. The molecule has 0 atom stereocenters. The van der Waals surface area contributed by atoms with Crippen LogP contribution in [0, 0.1) is 5.41 Å². The molecule has 0 aliphatic carbocycles. The lowest BCUT2D eigenvalue weighted by atomic mass is 9.86. The molecule has 0 bridgehead atoms. The number of rotatable bonds is 6. The number of ether oxygens (including phenoxy) is 1. The maximum absolute atomic E-state index is 9.28. The molecule has 0 heterocycles. The smallest absolute Gasteiger partial charge is 0.324 e. The van der Waals surface area contributed by atoms with Crippen LogP contribution in [0.3, 0.4) is 0 Å². The average Bonchev–Trinajstić information content (AvgIpc) is 2.48. The minimum absolute atomic E-state index is 0.0586. The summed E-state index contributed by atoms with van der Waals surface area (Å²) in [5.74, 6) is 0.717. The Bertz CT molecular complexity index is 431. The molecule has 0 spiro atoms. The SMILES string of the molecule is CC(C)(C)c1ccccc1OCC(CO)(CO)CO.OP(O)O. The lowest BCUT2D eigenvalue weighted by Crippen LogP contribution is -2.40. The van der Waals surface area contributed by atoms with Gasteiger partial charge in [0.1, 0.15) is 12.4 Å². The van der Waals surface area contributed by atoms with Crippen molar-refractivity contribution >= 4 is 8.60 Å². The highest BCUT2D eigenvalue weighted by molar-refractivity contribution is 7.38. The molecule has 0 saturated heterocycles. The van der Waals surface area contributed by atoms with Crippen LogP contribution in [0.15, 0.2) is 24.3 Å². The van der Waals surface area contributed by atoms with E-state index < -0.39 is 14.0 Å². The predicted octanol–water partition coefficient (Wildman–Crippen LogP) is 0.516. The van der Waals surface area contributed by atoms with Gasteiger partial charge in [-0.15, -0.1) is 0 Å². The number of para-hydroxylation sites is 1. The minimum Gasteiger partial charge on any atom is -0.492 e. The van der Waals surface area contributed by atoms with Crippen LogP contribution in [-0.4, -0.2) is 56.4 Å². The van der Waals surface area contributed by atoms with Gasteiger partial charge in [-0.05, 0) is 17.0 Å². The third-order valence-corrected chi connectivity index (χ3v) is 3.24. The molecule has 0 aliphatic heterocycles. The fourth-order valence-electron chi connectivity index (χ4n) is 1.73. The van der Waals surface area contributed by atoms with Crippen molar-refractivity contribution in [2.24, 2.45) is 5.41 Å². The fourth-order valence-corrected chi connectivity index (χ4v) is 1.73. The zero-order chi connectivity index (χ0) is 18.1. The molecule has 1 rings (SSSR count). The molecule has 0 aliphatic rings. The van der Waals surface area contributed by atoms with Crippen LogP contribution >= 0.6 is 8.60 Å². The van der Waals surface area contributed by atoms with Gasteiger partial charge in [0.15, 0.2) is 0 Å². The van der Waals surface area contributed by atoms with Crippen LogP contribution in [0.1, 0.15) is 26.3 Å². The van der Waals surface area contributed by atoms with Crippen LogP contribution in [0.2, 0.25) is 0 Å². The molecule has 6 N–H and O–H groups in total. The molecule has 23 heavy (non-hydrogen) atoms. The quantitative estimate of drug-likeness (QED) is 0.412. The normalized spacial score (nSPS) is 11.9. The molecule has 0 fully saturated rings. The number of aliphatic hydroxyl groups excluding tert-OH is 3. The van der Waals surface area contributed by atoms with E-state index >= 15 is 0 Å². The van der Waals surface area contributed by atoms with Gasteiger partial charge in [0.2, 0.25) is 0 Å². The highest BCUT2D eigenvalue weighted by Gasteiger charge is 2.30. The topological polar surface area (TPSA) is 131 Å². The number of hydrogen-bond donors (Lipinski definition) is 6. The second kappa shape index (κ2) is 10.2. The highest BCUT2D eigenvalue weighted by atomic mass is 31.2. The highest BCUT2D eigenvalue weighted by Crippen LogP contribution is 2.32. The van der Waals surface area contributed by atoms with Crippen LogP contribution in [0.4, 0.5) is 0 Å². The van der Waals surface area contributed by atoms with E-state index in [1.165, 1.54) is 0 Å². The first-order valence-electron chi connectivity index (χ1n) is 7.03. The van der Waals surface area contributed by atoms with Crippen molar-refractivity contribution in [2.75, 3.05) is 26.4 Å².